The van der Waals surface area contributed by atoms with Crippen LogP contribution in [0.4, 0.5) is 10.5 Å². The van der Waals surface area contributed by atoms with Gasteiger partial charge in [0.05, 0.1) is 12.8 Å². The maximum absolute atomic E-state index is 13.2. The Hall–Kier alpha value is -2.92. The van der Waals surface area contributed by atoms with E-state index in [4.69, 9.17) is 15.5 Å². The van der Waals surface area contributed by atoms with Crippen LogP contribution >= 0.6 is 0 Å². The van der Waals surface area contributed by atoms with Crippen molar-refractivity contribution in [2.75, 3.05) is 32.1 Å². The number of hydrogen-bond donors (Lipinski definition) is 2. The van der Waals surface area contributed by atoms with Crippen molar-refractivity contribution < 1.29 is 22.7 Å². The number of nitrogens with one attached hydrogen (secondary N) is 1. The summed E-state index contributed by atoms with van der Waals surface area (Å²) in [5, 5.41) is 4.22. The highest BCUT2D eigenvalue weighted by Crippen LogP contribution is 2.38. The van der Waals surface area contributed by atoms with Gasteiger partial charge in [-0.15, -0.1) is 0 Å². The predicted molar refractivity (Wildman–Crippen MR) is 149 cm³/mol. The summed E-state index contributed by atoms with van der Waals surface area (Å²) in [6.07, 6.45) is 6.62. The van der Waals surface area contributed by atoms with E-state index in [-0.39, 0.29) is 24.9 Å². The average molecular weight is 546 g/mol. The molecule has 1 aliphatic carbocycles. The van der Waals surface area contributed by atoms with Crippen LogP contribution in [0.3, 0.4) is 0 Å². The van der Waals surface area contributed by atoms with Crippen LogP contribution in [0.25, 0.3) is 6.08 Å². The molecule has 2 heterocycles. The number of piperidine rings is 1. The fraction of sp³-hybridized carbons (Fsp3) is 0.593. The van der Waals surface area contributed by atoms with Crippen LogP contribution in [-0.2, 0) is 14.8 Å². The Morgan fingerprint density at radius 2 is 1.87 bits per heavy atom. The molecule has 4 rings (SSSR count). The number of rotatable bonds is 6. The predicted octanol–water partition coefficient (Wildman–Crippen LogP) is 3.32. The van der Waals surface area contributed by atoms with Gasteiger partial charge in [-0.2, -0.15) is 4.31 Å². The third-order valence-corrected chi connectivity index (χ3v) is 9.93. The molecule has 2 fully saturated rings. The van der Waals surface area contributed by atoms with Gasteiger partial charge in [-0.1, -0.05) is 19.8 Å². The summed E-state index contributed by atoms with van der Waals surface area (Å²) in [7, 11) is -0.688. The topological polar surface area (TPSA) is 134 Å². The number of aryl methyl sites for hydroxylation is 1. The minimum absolute atomic E-state index is 0.0990. The number of methoxy groups -OCH3 is 1. The van der Waals surface area contributed by atoms with Gasteiger partial charge in [0.25, 0.3) is 5.91 Å². The molecule has 3 amide bonds. The third kappa shape index (κ3) is 5.31. The summed E-state index contributed by atoms with van der Waals surface area (Å²) >= 11 is 0. The normalized spacial score (nSPS) is 23.9. The second-order valence-electron chi connectivity index (χ2n) is 10.9. The number of benzene rings is 1. The van der Waals surface area contributed by atoms with Crippen molar-refractivity contribution >= 4 is 39.6 Å². The molecule has 0 radical (unpaired) electrons. The van der Waals surface area contributed by atoms with E-state index in [2.05, 4.69) is 12.2 Å². The van der Waals surface area contributed by atoms with Crippen LogP contribution in [0.2, 0.25) is 0 Å². The summed E-state index contributed by atoms with van der Waals surface area (Å²) in [4.78, 5) is 30.8. The van der Waals surface area contributed by atoms with E-state index in [1.54, 1.807) is 19.2 Å². The van der Waals surface area contributed by atoms with E-state index in [0.717, 1.165) is 37.1 Å². The highest BCUT2D eigenvalue weighted by molar-refractivity contribution is 7.92. The Labute approximate surface area is 225 Å². The number of anilines is 1. The van der Waals surface area contributed by atoms with Gasteiger partial charge in [0, 0.05) is 37.0 Å². The van der Waals surface area contributed by atoms with Crippen LogP contribution in [-0.4, -0.2) is 63.3 Å². The molecular formula is C27H39N5O5S. The number of urea groups is 1. The van der Waals surface area contributed by atoms with E-state index < -0.39 is 21.6 Å². The monoisotopic (exact) mass is 545 g/mol. The van der Waals surface area contributed by atoms with Gasteiger partial charge in [-0.05, 0) is 68.7 Å². The van der Waals surface area contributed by atoms with Gasteiger partial charge >= 0.3 is 6.03 Å². The third-order valence-electron chi connectivity index (χ3n) is 8.37. The second-order valence-corrected chi connectivity index (χ2v) is 12.7. The van der Waals surface area contributed by atoms with E-state index in [0.29, 0.717) is 41.3 Å². The van der Waals surface area contributed by atoms with Gasteiger partial charge in [0.2, 0.25) is 10.0 Å². The molecule has 38 heavy (non-hydrogen) atoms. The quantitative estimate of drug-likeness (QED) is 0.566. The molecule has 208 valence electrons. The first-order valence-electron chi connectivity index (χ1n) is 13.2. The number of primary amides is 1. The number of hydrogen-bond acceptors (Lipinski definition) is 6. The minimum atomic E-state index is -3.73. The van der Waals surface area contributed by atoms with Crippen molar-refractivity contribution in [3.05, 3.63) is 28.2 Å². The van der Waals surface area contributed by atoms with E-state index in [1.807, 2.05) is 13.8 Å². The Morgan fingerprint density at radius 1 is 1.24 bits per heavy atom. The number of carbonyl (C=O) groups is 2. The fourth-order valence-corrected chi connectivity index (χ4v) is 6.97. The molecule has 1 aromatic rings. The molecule has 0 bridgehead atoms. The molecular weight excluding hydrogens is 506 g/mol. The largest absolute Gasteiger partial charge is 0.494 e. The van der Waals surface area contributed by atoms with Crippen LogP contribution in [0.15, 0.2) is 16.5 Å². The lowest BCUT2D eigenvalue weighted by molar-refractivity contribution is -0.125. The SMILES string of the molecule is COc1c(N(C)C(N)=O)cc(C)c(/C=C/S(=O)(=O)N2CCC3(CC2)N=C([C@H]2CC[C@H](C)CC2)NC3=O)c1C. The van der Waals surface area contributed by atoms with Crippen LogP contribution < -0.4 is 20.7 Å². The number of amides is 3. The van der Waals surface area contributed by atoms with Gasteiger partial charge in [-0.3, -0.25) is 14.7 Å². The highest BCUT2D eigenvalue weighted by atomic mass is 32.2. The first-order chi connectivity index (χ1) is 17.9. The highest BCUT2D eigenvalue weighted by Gasteiger charge is 2.48. The molecule has 2 aliphatic heterocycles. The van der Waals surface area contributed by atoms with Crippen molar-refractivity contribution in [2.45, 2.75) is 64.8 Å². The van der Waals surface area contributed by atoms with Crippen LogP contribution in [0, 0.1) is 25.7 Å². The molecule has 0 aromatic heterocycles. The van der Waals surface area contributed by atoms with Crippen molar-refractivity contribution in [1.82, 2.24) is 9.62 Å². The number of amidine groups is 1. The van der Waals surface area contributed by atoms with Gasteiger partial charge < -0.3 is 15.8 Å². The number of ether oxygens (including phenoxy) is 1. The number of nitrogens with two attached hydrogens (primary N) is 1. The van der Waals surface area contributed by atoms with Crippen molar-refractivity contribution in [2.24, 2.45) is 22.6 Å². The Morgan fingerprint density at radius 3 is 2.45 bits per heavy atom. The molecule has 11 heteroatoms. The summed E-state index contributed by atoms with van der Waals surface area (Å²) in [5.74, 6) is 2.14. The summed E-state index contributed by atoms with van der Waals surface area (Å²) in [5.41, 5.74) is 7.23. The maximum Gasteiger partial charge on any atom is 0.319 e. The molecule has 0 unspecified atom stereocenters. The number of sulfonamides is 1. The number of nitrogens with zero attached hydrogens (tertiary/aromatic N) is 3. The first-order valence-corrected chi connectivity index (χ1v) is 14.7. The number of carbonyl (C=O) groups excluding carboxylic acids is 2. The van der Waals surface area contributed by atoms with Gasteiger partial charge in [0.1, 0.15) is 17.1 Å². The average Bonchev–Trinajstić information content (AvgIpc) is 3.18. The zero-order valence-electron chi connectivity index (χ0n) is 22.9. The van der Waals surface area contributed by atoms with Crippen LogP contribution in [0.5, 0.6) is 5.75 Å². The number of aliphatic imine (C=N–C) groups is 1. The summed E-state index contributed by atoms with van der Waals surface area (Å²) in [6.45, 7) is 6.35. The van der Waals surface area contributed by atoms with E-state index in [9.17, 15) is 18.0 Å². The Balaban J connectivity index is 1.49. The molecule has 3 aliphatic rings. The van der Waals surface area contributed by atoms with E-state index >= 15 is 0 Å². The molecule has 1 spiro atoms. The molecule has 10 nitrogen and oxygen atoms in total. The van der Waals surface area contributed by atoms with Crippen molar-refractivity contribution in [1.29, 1.82) is 0 Å². The molecule has 1 saturated carbocycles. The lowest BCUT2D eigenvalue weighted by Crippen LogP contribution is -2.50. The molecule has 1 saturated heterocycles. The molecule has 0 atom stereocenters. The van der Waals surface area contributed by atoms with Crippen molar-refractivity contribution in [3.8, 4) is 5.75 Å². The summed E-state index contributed by atoms with van der Waals surface area (Å²) < 4.78 is 33.4. The first kappa shape index (κ1) is 28.1. The molecule has 1 aromatic carbocycles. The molecule has 3 N–H and O–H groups in total. The van der Waals surface area contributed by atoms with E-state index in [1.165, 1.54) is 21.7 Å². The maximum atomic E-state index is 13.2. The zero-order valence-corrected chi connectivity index (χ0v) is 23.7. The standard InChI is InChI=1S/C27H39N5O5S/c1-17-6-8-20(9-7-17)24-29-25(33)27(30-24)11-13-32(14-12-27)38(35,36)15-10-21-18(2)16-22(31(4)26(28)34)23(37-5)19(21)3/h10,15-17,20H,6-9,11-14H2,1-5H3,(H2,28,34)(H,29,30,33)/b15-10+/t17-,20-. The zero-order chi connectivity index (χ0) is 27.8. The fourth-order valence-electron chi connectivity index (χ4n) is 5.80. The smallest absolute Gasteiger partial charge is 0.319 e. The summed E-state index contributed by atoms with van der Waals surface area (Å²) in [6, 6.07) is 1.12. The van der Waals surface area contributed by atoms with Crippen molar-refractivity contribution in [3.63, 3.8) is 0 Å². The van der Waals surface area contributed by atoms with Crippen LogP contribution in [0.1, 0.15) is 62.1 Å². The second kappa shape index (κ2) is 10.7. The lowest BCUT2D eigenvalue weighted by Gasteiger charge is -2.34. The lowest BCUT2D eigenvalue weighted by atomic mass is 9.82. The van der Waals surface area contributed by atoms with Gasteiger partial charge in [-0.25, -0.2) is 13.2 Å². The van der Waals surface area contributed by atoms with Gasteiger partial charge in [0.15, 0.2) is 0 Å². The Bertz CT molecular complexity index is 1270. The Kier molecular flexibility index (Phi) is 7.90. The minimum Gasteiger partial charge on any atom is -0.494 e.